The lowest BCUT2D eigenvalue weighted by atomic mass is 10.1. The van der Waals surface area contributed by atoms with E-state index >= 15 is 0 Å². The molecule has 0 saturated heterocycles. The van der Waals surface area contributed by atoms with Crippen LogP contribution in [0.1, 0.15) is 18.2 Å². The Kier molecular flexibility index (Phi) is 3.45. The normalized spacial score (nSPS) is 12.2. The van der Waals surface area contributed by atoms with Gasteiger partial charge in [-0.3, -0.25) is 0 Å². The fraction of sp³-hybridized carbons (Fsp3) is 0.385. The maximum absolute atomic E-state index is 11.5. The van der Waals surface area contributed by atoms with Crippen molar-refractivity contribution in [1.82, 2.24) is 4.57 Å². The van der Waals surface area contributed by atoms with Crippen molar-refractivity contribution in [1.29, 1.82) is 0 Å². The molecule has 2 rings (SSSR count). The minimum absolute atomic E-state index is 0.0690. The second-order valence-corrected chi connectivity index (χ2v) is 6.65. The molecule has 0 saturated carbocycles. The van der Waals surface area contributed by atoms with Gasteiger partial charge in [-0.05, 0) is 18.6 Å². The highest BCUT2D eigenvalue weighted by atomic mass is 32.2. The Morgan fingerprint density at radius 3 is 2.61 bits per heavy atom. The summed E-state index contributed by atoms with van der Waals surface area (Å²) in [5.41, 5.74) is 8.68. The van der Waals surface area contributed by atoms with E-state index in [-0.39, 0.29) is 5.75 Å². The molecule has 1 aromatic carbocycles. The molecule has 2 aromatic rings. The summed E-state index contributed by atoms with van der Waals surface area (Å²) in [6.45, 7) is 3.21. The molecule has 1 heterocycles. The van der Waals surface area contributed by atoms with Crippen LogP contribution in [0.2, 0.25) is 0 Å². The Labute approximate surface area is 107 Å². The second kappa shape index (κ2) is 4.74. The molecule has 0 unspecified atom stereocenters. The largest absolute Gasteiger partial charge is 0.344 e. The first-order chi connectivity index (χ1) is 8.46. The molecule has 98 valence electrons. The number of para-hydroxylation sites is 1. The van der Waals surface area contributed by atoms with Crippen molar-refractivity contribution < 1.29 is 8.42 Å². The Morgan fingerprint density at radius 1 is 1.33 bits per heavy atom. The van der Waals surface area contributed by atoms with Crippen LogP contribution >= 0.6 is 0 Å². The van der Waals surface area contributed by atoms with Crippen LogP contribution in [0.15, 0.2) is 24.3 Å². The van der Waals surface area contributed by atoms with Gasteiger partial charge in [0.1, 0.15) is 0 Å². The van der Waals surface area contributed by atoms with Crippen molar-refractivity contribution >= 4 is 20.7 Å². The maximum atomic E-state index is 11.5. The summed E-state index contributed by atoms with van der Waals surface area (Å²) in [6, 6.07) is 7.87. The smallest absolute Gasteiger partial charge is 0.153 e. The quantitative estimate of drug-likeness (QED) is 0.915. The van der Waals surface area contributed by atoms with Crippen molar-refractivity contribution in [3.8, 4) is 0 Å². The summed E-state index contributed by atoms with van der Waals surface area (Å²) in [5.74, 6) is 0.0690. The van der Waals surface area contributed by atoms with Crippen LogP contribution in [0.5, 0.6) is 0 Å². The Balaban J connectivity index is 2.69. The Hall–Kier alpha value is -1.33. The van der Waals surface area contributed by atoms with E-state index < -0.39 is 9.84 Å². The summed E-state index contributed by atoms with van der Waals surface area (Å²) in [5, 5.41) is 1.05. The highest BCUT2D eigenvalue weighted by Crippen LogP contribution is 2.24. The number of fused-ring (bicyclic) bond motifs is 1. The molecule has 2 N–H and O–H groups in total. The van der Waals surface area contributed by atoms with Crippen LogP contribution in [0.25, 0.3) is 10.9 Å². The first kappa shape index (κ1) is 13.1. The SMILES string of the molecule is CCn1c(CS(C)(=O)=O)cc2cccc(CN)c21. The molecule has 0 aliphatic carbocycles. The van der Waals surface area contributed by atoms with Crippen LogP contribution in [0.4, 0.5) is 0 Å². The average Bonchev–Trinajstić information content (AvgIpc) is 2.63. The van der Waals surface area contributed by atoms with Gasteiger partial charge in [-0.1, -0.05) is 18.2 Å². The Morgan fingerprint density at radius 2 is 2.06 bits per heavy atom. The molecule has 0 atom stereocenters. The predicted molar refractivity (Wildman–Crippen MR) is 74.1 cm³/mol. The summed E-state index contributed by atoms with van der Waals surface area (Å²) in [7, 11) is -3.03. The first-order valence-corrected chi connectivity index (χ1v) is 8.00. The number of sulfone groups is 1. The third kappa shape index (κ3) is 2.42. The van der Waals surface area contributed by atoms with E-state index in [0.717, 1.165) is 28.7 Å². The molecule has 5 heteroatoms. The van der Waals surface area contributed by atoms with Crippen molar-refractivity contribution in [2.24, 2.45) is 5.73 Å². The van der Waals surface area contributed by atoms with Gasteiger partial charge in [-0.15, -0.1) is 0 Å². The van der Waals surface area contributed by atoms with Gasteiger partial charge in [0, 0.05) is 30.4 Å². The average molecular weight is 266 g/mol. The van der Waals surface area contributed by atoms with E-state index in [1.807, 2.05) is 35.8 Å². The van der Waals surface area contributed by atoms with Crippen molar-refractivity contribution in [2.75, 3.05) is 6.26 Å². The highest BCUT2D eigenvalue weighted by molar-refractivity contribution is 7.89. The van der Waals surface area contributed by atoms with Gasteiger partial charge in [0.25, 0.3) is 0 Å². The third-order valence-electron chi connectivity index (χ3n) is 3.04. The first-order valence-electron chi connectivity index (χ1n) is 5.94. The van der Waals surface area contributed by atoms with Gasteiger partial charge < -0.3 is 10.3 Å². The lowest BCUT2D eigenvalue weighted by Crippen LogP contribution is -2.08. The van der Waals surface area contributed by atoms with Gasteiger partial charge >= 0.3 is 0 Å². The predicted octanol–water partition coefficient (Wildman–Crippen LogP) is 1.66. The summed E-state index contributed by atoms with van der Waals surface area (Å²) >= 11 is 0. The van der Waals surface area contributed by atoms with E-state index in [9.17, 15) is 8.42 Å². The molecule has 0 aliphatic heterocycles. The van der Waals surface area contributed by atoms with Crippen LogP contribution in [0, 0.1) is 0 Å². The number of nitrogens with zero attached hydrogens (tertiary/aromatic N) is 1. The van der Waals surface area contributed by atoms with E-state index in [4.69, 9.17) is 5.73 Å². The summed E-state index contributed by atoms with van der Waals surface area (Å²) < 4.78 is 25.0. The Bertz CT molecular complexity index is 672. The number of aromatic nitrogens is 1. The minimum Gasteiger partial charge on any atom is -0.344 e. The number of aryl methyl sites for hydroxylation is 1. The van der Waals surface area contributed by atoms with E-state index in [0.29, 0.717) is 6.54 Å². The highest BCUT2D eigenvalue weighted by Gasteiger charge is 2.14. The molecule has 0 bridgehead atoms. The van der Waals surface area contributed by atoms with Crippen molar-refractivity contribution in [2.45, 2.75) is 25.8 Å². The van der Waals surface area contributed by atoms with Crippen molar-refractivity contribution in [3.05, 3.63) is 35.5 Å². The monoisotopic (exact) mass is 266 g/mol. The van der Waals surface area contributed by atoms with Crippen LogP contribution in [-0.4, -0.2) is 19.2 Å². The molecular weight excluding hydrogens is 248 g/mol. The van der Waals surface area contributed by atoms with Gasteiger partial charge in [-0.2, -0.15) is 0 Å². The standard InChI is InChI=1S/C13H18N2O2S/c1-3-15-12(9-18(2,16)17)7-10-5-4-6-11(8-14)13(10)15/h4-7H,3,8-9,14H2,1-2H3. The minimum atomic E-state index is -3.03. The second-order valence-electron chi connectivity index (χ2n) is 4.51. The molecule has 18 heavy (non-hydrogen) atoms. The fourth-order valence-corrected chi connectivity index (χ4v) is 3.15. The number of hydrogen-bond acceptors (Lipinski definition) is 3. The van der Waals surface area contributed by atoms with E-state index in [2.05, 4.69) is 0 Å². The van der Waals surface area contributed by atoms with E-state index in [1.165, 1.54) is 6.26 Å². The van der Waals surface area contributed by atoms with Gasteiger partial charge in [-0.25, -0.2) is 8.42 Å². The summed E-state index contributed by atoms with van der Waals surface area (Å²) in [6.07, 6.45) is 1.26. The molecule has 4 nitrogen and oxygen atoms in total. The lowest BCUT2D eigenvalue weighted by molar-refractivity contribution is 0.598. The zero-order valence-corrected chi connectivity index (χ0v) is 11.5. The van der Waals surface area contributed by atoms with E-state index in [1.54, 1.807) is 0 Å². The zero-order valence-electron chi connectivity index (χ0n) is 10.7. The topological polar surface area (TPSA) is 65.1 Å². The lowest BCUT2D eigenvalue weighted by Gasteiger charge is -2.09. The number of rotatable bonds is 4. The maximum Gasteiger partial charge on any atom is 0.153 e. The van der Waals surface area contributed by atoms with Gasteiger partial charge in [0.05, 0.1) is 11.3 Å². The van der Waals surface area contributed by atoms with Crippen LogP contribution < -0.4 is 5.73 Å². The third-order valence-corrected chi connectivity index (χ3v) is 3.86. The molecule has 1 aromatic heterocycles. The fourth-order valence-electron chi connectivity index (χ4n) is 2.37. The molecular formula is C13H18N2O2S. The number of nitrogens with two attached hydrogens (primary N) is 1. The van der Waals surface area contributed by atoms with Crippen LogP contribution in [0.3, 0.4) is 0 Å². The molecule has 0 radical (unpaired) electrons. The number of benzene rings is 1. The van der Waals surface area contributed by atoms with Crippen LogP contribution in [-0.2, 0) is 28.7 Å². The summed E-state index contributed by atoms with van der Waals surface area (Å²) in [4.78, 5) is 0. The molecule has 0 spiro atoms. The molecule has 0 amide bonds. The van der Waals surface area contributed by atoms with Crippen molar-refractivity contribution in [3.63, 3.8) is 0 Å². The zero-order chi connectivity index (χ0) is 13.3. The van der Waals surface area contributed by atoms with Gasteiger partial charge in [0.15, 0.2) is 9.84 Å². The molecule has 0 fully saturated rings. The molecule has 0 aliphatic rings. The van der Waals surface area contributed by atoms with Gasteiger partial charge in [0.2, 0.25) is 0 Å². The number of hydrogen-bond donors (Lipinski definition) is 1.